The molecule has 4 rings (SSSR count). The number of para-hydroxylation sites is 1. The van der Waals surface area contributed by atoms with Gasteiger partial charge in [-0.1, -0.05) is 18.2 Å². The van der Waals surface area contributed by atoms with Gasteiger partial charge in [-0.15, -0.1) is 0 Å². The van der Waals surface area contributed by atoms with E-state index in [1.165, 1.54) is 28.6 Å². The minimum atomic E-state index is -0.0282. The number of benzene rings is 1. The van der Waals surface area contributed by atoms with Crippen molar-refractivity contribution in [3.05, 3.63) is 35.5 Å². The van der Waals surface area contributed by atoms with Gasteiger partial charge in [-0.05, 0) is 44.4 Å². The predicted octanol–water partition coefficient (Wildman–Crippen LogP) is 2.64. The Labute approximate surface area is 119 Å². The highest BCUT2D eigenvalue weighted by Gasteiger charge is 2.47. The van der Waals surface area contributed by atoms with Crippen LogP contribution in [0.15, 0.2) is 24.3 Å². The van der Waals surface area contributed by atoms with E-state index in [0.717, 1.165) is 25.9 Å². The molecule has 1 aromatic heterocycles. The number of fused-ring (bicyclic) bond motifs is 5. The standard InChI is InChI=1S/C17H22N2O/c1-17-12(11-20)5-4-9-19(17)10-8-14-13-6-2-3-7-15(13)18-16(14)17/h2-3,6-7,12,18,20H,4-5,8-11H2,1H3/t12-,17+/m0/s1. The van der Waals surface area contributed by atoms with Crippen molar-refractivity contribution in [2.24, 2.45) is 5.92 Å². The van der Waals surface area contributed by atoms with Crippen LogP contribution in [0.25, 0.3) is 10.9 Å². The third-order valence-corrected chi connectivity index (χ3v) is 5.60. The molecule has 20 heavy (non-hydrogen) atoms. The van der Waals surface area contributed by atoms with Crippen LogP contribution in [0.1, 0.15) is 31.0 Å². The lowest BCUT2D eigenvalue weighted by Crippen LogP contribution is -2.57. The molecule has 106 valence electrons. The number of piperidine rings is 1. The zero-order chi connectivity index (χ0) is 13.7. The quantitative estimate of drug-likeness (QED) is 0.836. The van der Waals surface area contributed by atoms with Crippen LogP contribution in [-0.4, -0.2) is 34.7 Å². The topological polar surface area (TPSA) is 39.3 Å². The fourth-order valence-corrected chi connectivity index (χ4v) is 4.41. The van der Waals surface area contributed by atoms with E-state index in [-0.39, 0.29) is 12.1 Å². The molecule has 3 heterocycles. The van der Waals surface area contributed by atoms with Crippen molar-refractivity contribution >= 4 is 10.9 Å². The summed E-state index contributed by atoms with van der Waals surface area (Å²) in [6.07, 6.45) is 3.45. The summed E-state index contributed by atoms with van der Waals surface area (Å²) in [6.45, 7) is 4.87. The van der Waals surface area contributed by atoms with E-state index in [4.69, 9.17) is 0 Å². The van der Waals surface area contributed by atoms with Crippen molar-refractivity contribution in [1.29, 1.82) is 0 Å². The average molecular weight is 270 g/mol. The molecule has 1 saturated heterocycles. The Morgan fingerprint density at radius 1 is 1.35 bits per heavy atom. The normalized spacial score (nSPS) is 30.2. The maximum absolute atomic E-state index is 9.86. The number of aliphatic hydroxyl groups is 1. The highest BCUT2D eigenvalue weighted by Crippen LogP contribution is 2.46. The van der Waals surface area contributed by atoms with Crippen molar-refractivity contribution < 1.29 is 5.11 Å². The number of aromatic nitrogens is 1. The minimum Gasteiger partial charge on any atom is -0.396 e. The first-order chi connectivity index (χ1) is 9.75. The van der Waals surface area contributed by atoms with Gasteiger partial charge < -0.3 is 10.1 Å². The first kappa shape index (κ1) is 12.4. The van der Waals surface area contributed by atoms with E-state index in [1.807, 2.05) is 0 Å². The number of nitrogens with zero attached hydrogens (tertiary/aromatic N) is 1. The summed E-state index contributed by atoms with van der Waals surface area (Å²) >= 11 is 0. The Balaban J connectivity index is 1.95. The number of aliphatic hydroxyl groups excluding tert-OH is 1. The van der Waals surface area contributed by atoms with E-state index >= 15 is 0 Å². The lowest BCUT2D eigenvalue weighted by atomic mass is 9.72. The summed E-state index contributed by atoms with van der Waals surface area (Å²) in [6, 6.07) is 8.60. The summed E-state index contributed by atoms with van der Waals surface area (Å²) < 4.78 is 0. The summed E-state index contributed by atoms with van der Waals surface area (Å²) in [7, 11) is 0. The van der Waals surface area contributed by atoms with Crippen LogP contribution in [0.5, 0.6) is 0 Å². The lowest BCUT2D eigenvalue weighted by Gasteiger charge is -2.52. The zero-order valence-corrected chi connectivity index (χ0v) is 12.0. The van der Waals surface area contributed by atoms with Crippen LogP contribution in [0.2, 0.25) is 0 Å². The monoisotopic (exact) mass is 270 g/mol. The average Bonchev–Trinajstić information content (AvgIpc) is 2.86. The molecule has 0 amide bonds. The molecule has 0 bridgehead atoms. The summed E-state index contributed by atoms with van der Waals surface area (Å²) in [5.41, 5.74) is 4.03. The predicted molar refractivity (Wildman–Crippen MR) is 80.7 cm³/mol. The minimum absolute atomic E-state index is 0.0282. The second-order valence-electron chi connectivity index (χ2n) is 6.43. The SMILES string of the molecule is C[C@@]12c3[nH]c4ccccc4c3CCN1CCC[C@H]2CO. The number of aromatic amines is 1. The van der Waals surface area contributed by atoms with Crippen LogP contribution >= 0.6 is 0 Å². The van der Waals surface area contributed by atoms with E-state index in [9.17, 15) is 5.11 Å². The van der Waals surface area contributed by atoms with Gasteiger partial charge >= 0.3 is 0 Å². The van der Waals surface area contributed by atoms with Gasteiger partial charge in [0.1, 0.15) is 0 Å². The van der Waals surface area contributed by atoms with Gasteiger partial charge in [0.15, 0.2) is 0 Å². The molecule has 3 heteroatoms. The van der Waals surface area contributed by atoms with Gasteiger partial charge in [0.05, 0.1) is 5.54 Å². The molecular formula is C17H22N2O. The molecule has 3 nitrogen and oxygen atoms in total. The fraction of sp³-hybridized carbons (Fsp3) is 0.529. The Kier molecular flexibility index (Phi) is 2.69. The number of rotatable bonds is 1. The van der Waals surface area contributed by atoms with Gasteiger partial charge in [0.2, 0.25) is 0 Å². The van der Waals surface area contributed by atoms with E-state index in [0.29, 0.717) is 5.92 Å². The van der Waals surface area contributed by atoms with E-state index in [1.54, 1.807) is 0 Å². The second kappa shape index (κ2) is 4.34. The number of nitrogens with one attached hydrogen (secondary N) is 1. The van der Waals surface area contributed by atoms with E-state index in [2.05, 4.69) is 41.1 Å². The number of hydrogen-bond acceptors (Lipinski definition) is 2. The molecule has 0 unspecified atom stereocenters. The highest BCUT2D eigenvalue weighted by molar-refractivity contribution is 5.85. The molecule has 0 aliphatic carbocycles. The smallest absolute Gasteiger partial charge is 0.0636 e. The Hall–Kier alpha value is -1.32. The van der Waals surface area contributed by atoms with Gasteiger partial charge in [0, 0.05) is 35.7 Å². The molecule has 0 saturated carbocycles. The number of hydrogen-bond donors (Lipinski definition) is 2. The third kappa shape index (κ3) is 1.48. The molecule has 0 radical (unpaired) electrons. The van der Waals surface area contributed by atoms with Gasteiger partial charge in [-0.3, -0.25) is 4.90 Å². The molecule has 1 aromatic carbocycles. The maximum atomic E-state index is 9.86. The molecule has 2 N–H and O–H groups in total. The van der Waals surface area contributed by atoms with Crippen LogP contribution in [0.3, 0.4) is 0 Å². The molecule has 1 fully saturated rings. The van der Waals surface area contributed by atoms with Crippen molar-refractivity contribution in [2.75, 3.05) is 19.7 Å². The van der Waals surface area contributed by atoms with Crippen LogP contribution in [0, 0.1) is 5.92 Å². The molecule has 2 aliphatic heterocycles. The lowest BCUT2D eigenvalue weighted by molar-refractivity contribution is -0.0303. The largest absolute Gasteiger partial charge is 0.396 e. The van der Waals surface area contributed by atoms with Crippen LogP contribution in [0.4, 0.5) is 0 Å². The third-order valence-electron chi connectivity index (χ3n) is 5.60. The summed E-state index contributed by atoms with van der Waals surface area (Å²) in [4.78, 5) is 6.25. The zero-order valence-electron chi connectivity index (χ0n) is 12.0. The molecule has 2 aliphatic rings. The fourth-order valence-electron chi connectivity index (χ4n) is 4.41. The van der Waals surface area contributed by atoms with Crippen molar-refractivity contribution in [3.8, 4) is 0 Å². The van der Waals surface area contributed by atoms with Gasteiger partial charge in [-0.25, -0.2) is 0 Å². The second-order valence-corrected chi connectivity index (χ2v) is 6.43. The Morgan fingerprint density at radius 2 is 2.20 bits per heavy atom. The van der Waals surface area contributed by atoms with Crippen molar-refractivity contribution in [1.82, 2.24) is 9.88 Å². The van der Waals surface area contributed by atoms with Gasteiger partial charge in [-0.2, -0.15) is 0 Å². The van der Waals surface area contributed by atoms with Crippen molar-refractivity contribution in [3.63, 3.8) is 0 Å². The maximum Gasteiger partial charge on any atom is 0.0636 e. The number of H-pyrrole nitrogens is 1. The molecule has 2 atom stereocenters. The highest BCUT2D eigenvalue weighted by atomic mass is 16.3. The van der Waals surface area contributed by atoms with Gasteiger partial charge in [0.25, 0.3) is 0 Å². The summed E-state index contributed by atoms with van der Waals surface area (Å²) in [5.74, 6) is 0.336. The molecule has 0 spiro atoms. The Morgan fingerprint density at radius 3 is 3.05 bits per heavy atom. The summed E-state index contributed by atoms with van der Waals surface area (Å²) in [5, 5.41) is 11.2. The van der Waals surface area contributed by atoms with Crippen LogP contribution < -0.4 is 0 Å². The Bertz CT molecular complexity index is 647. The first-order valence-corrected chi connectivity index (χ1v) is 7.71. The van der Waals surface area contributed by atoms with Crippen LogP contribution in [-0.2, 0) is 12.0 Å². The van der Waals surface area contributed by atoms with Crippen molar-refractivity contribution in [2.45, 2.75) is 31.7 Å². The first-order valence-electron chi connectivity index (χ1n) is 7.71. The molecular weight excluding hydrogens is 248 g/mol. The molecule has 2 aromatic rings. The van der Waals surface area contributed by atoms with E-state index < -0.39 is 0 Å².